The first-order valence-electron chi connectivity index (χ1n) is 7.05. The maximum atomic E-state index is 5.63. The van der Waals surface area contributed by atoms with Crippen molar-refractivity contribution in [1.29, 1.82) is 0 Å². The molecule has 20 heavy (non-hydrogen) atoms. The van der Waals surface area contributed by atoms with Crippen LogP contribution in [0.1, 0.15) is 24.2 Å². The molecule has 4 heteroatoms. The molecule has 0 amide bonds. The topological polar surface area (TPSA) is 42.4 Å². The quantitative estimate of drug-likeness (QED) is 0.875. The van der Waals surface area contributed by atoms with Crippen molar-refractivity contribution in [3.8, 4) is 0 Å². The van der Waals surface area contributed by atoms with Crippen LogP contribution >= 0.6 is 15.9 Å². The van der Waals surface area contributed by atoms with Gasteiger partial charge in [0.1, 0.15) is 5.76 Å². The zero-order valence-corrected chi connectivity index (χ0v) is 13.0. The highest BCUT2D eigenvalue weighted by atomic mass is 79.9. The highest BCUT2D eigenvalue weighted by Crippen LogP contribution is 2.35. The third-order valence-corrected chi connectivity index (χ3v) is 4.41. The van der Waals surface area contributed by atoms with Crippen molar-refractivity contribution in [3.05, 3.63) is 52.4 Å². The zero-order valence-electron chi connectivity index (χ0n) is 11.4. The van der Waals surface area contributed by atoms with E-state index in [9.17, 15) is 0 Å². The molecule has 0 spiro atoms. The van der Waals surface area contributed by atoms with Gasteiger partial charge in [0.2, 0.25) is 0 Å². The molecular formula is C16H19BrN2O. The summed E-state index contributed by atoms with van der Waals surface area (Å²) in [6.45, 7) is 1.51. The van der Waals surface area contributed by atoms with Gasteiger partial charge in [0.05, 0.1) is 12.8 Å². The number of hydrogen-bond donors (Lipinski definition) is 1. The third-order valence-electron chi connectivity index (χ3n) is 3.68. The molecule has 0 atom stereocenters. The Labute approximate surface area is 127 Å². The van der Waals surface area contributed by atoms with Crippen LogP contribution in [-0.4, -0.2) is 12.6 Å². The van der Waals surface area contributed by atoms with Crippen LogP contribution in [0, 0.1) is 0 Å². The first kappa shape index (κ1) is 13.7. The number of halogens is 1. The molecule has 1 aromatic heterocycles. The normalized spacial score (nSPS) is 14.5. The molecule has 3 rings (SSSR count). The van der Waals surface area contributed by atoms with Crippen molar-refractivity contribution in [3.63, 3.8) is 0 Å². The number of hydrogen-bond acceptors (Lipinski definition) is 3. The van der Waals surface area contributed by atoms with E-state index < -0.39 is 0 Å². The third kappa shape index (κ3) is 3.07. The highest BCUT2D eigenvalue weighted by Gasteiger charge is 2.30. The van der Waals surface area contributed by atoms with Crippen LogP contribution in [0.4, 0.5) is 5.69 Å². The number of nitrogens with zero attached hydrogens (tertiary/aromatic N) is 1. The van der Waals surface area contributed by atoms with Crippen molar-refractivity contribution in [1.82, 2.24) is 0 Å². The highest BCUT2D eigenvalue weighted by molar-refractivity contribution is 9.10. The number of anilines is 1. The van der Waals surface area contributed by atoms with Gasteiger partial charge in [0, 0.05) is 16.2 Å². The van der Waals surface area contributed by atoms with E-state index in [1.54, 1.807) is 6.26 Å². The summed E-state index contributed by atoms with van der Waals surface area (Å²) in [5, 5.41) is 0. The average molecular weight is 335 g/mol. The van der Waals surface area contributed by atoms with Gasteiger partial charge in [-0.3, -0.25) is 0 Å². The van der Waals surface area contributed by atoms with E-state index in [-0.39, 0.29) is 0 Å². The molecule has 1 saturated carbocycles. The SMILES string of the molecule is NCCc1ccc(N(Cc2ccco2)C2CC2)cc1Br. The fraction of sp³-hybridized carbons (Fsp3) is 0.375. The molecule has 2 aromatic rings. The molecule has 3 nitrogen and oxygen atoms in total. The maximum Gasteiger partial charge on any atom is 0.123 e. The largest absolute Gasteiger partial charge is 0.467 e. The predicted octanol–water partition coefficient (Wildman–Crippen LogP) is 3.71. The van der Waals surface area contributed by atoms with Crippen LogP contribution < -0.4 is 10.6 Å². The van der Waals surface area contributed by atoms with Crippen LogP contribution in [0.15, 0.2) is 45.5 Å². The number of rotatable bonds is 6. The minimum atomic E-state index is 0.646. The van der Waals surface area contributed by atoms with Gasteiger partial charge in [-0.1, -0.05) is 22.0 Å². The van der Waals surface area contributed by atoms with Crippen LogP contribution in [0.25, 0.3) is 0 Å². The van der Waals surface area contributed by atoms with E-state index in [4.69, 9.17) is 10.2 Å². The molecule has 1 aromatic carbocycles. The summed E-state index contributed by atoms with van der Waals surface area (Å²) in [6.07, 6.45) is 5.18. The van der Waals surface area contributed by atoms with Crippen molar-refractivity contribution in [2.45, 2.75) is 31.8 Å². The summed E-state index contributed by atoms with van der Waals surface area (Å²) in [7, 11) is 0. The number of furan rings is 1. The lowest BCUT2D eigenvalue weighted by atomic mass is 10.1. The standard InChI is InChI=1S/C16H19BrN2O/c17-16-10-14(4-3-12(16)7-8-18)19(13-5-6-13)11-15-2-1-9-20-15/h1-4,9-10,13H,5-8,11,18H2. The minimum Gasteiger partial charge on any atom is -0.467 e. The van der Waals surface area contributed by atoms with Gasteiger partial charge in [-0.05, 0) is 55.6 Å². The van der Waals surface area contributed by atoms with E-state index in [0.29, 0.717) is 12.6 Å². The maximum absolute atomic E-state index is 5.63. The van der Waals surface area contributed by atoms with E-state index in [0.717, 1.165) is 23.2 Å². The summed E-state index contributed by atoms with van der Waals surface area (Å²) < 4.78 is 6.63. The second-order valence-corrected chi connectivity index (χ2v) is 6.11. The Morgan fingerprint density at radius 2 is 2.15 bits per heavy atom. The van der Waals surface area contributed by atoms with Crippen molar-refractivity contribution in [2.24, 2.45) is 5.73 Å². The Morgan fingerprint density at radius 1 is 1.30 bits per heavy atom. The molecule has 1 heterocycles. The van der Waals surface area contributed by atoms with Gasteiger partial charge in [0.25, 0.3) is 0 Å². The summed E-state index contributed by atoms with van der Waals surface area (Å²) in [5.74, 6) is 1.01. The Morgan fingerprint density at radius 3 is 2.75 bits per heavy atom. The molecule has 0 unspecified atom stereocenters. The lowest BCUT2D eigenvalue weighted by Gasteiger charge is -2.24. The molecule has 0 saturated heterocycles. The monoisotopic (exact) mass is 334 g/mol. The average Bonchev–Trinajstić information content (AvgIpc) is 3.15. The molecule has 0 aliphatic heterocycles. The lowest BCUT2D eigenvalue weighted by Crippen LogP contribution is -2.24. The Hall–Kier alpha value is -1.26. The van der Waals surface area contributed by atoms with E-state index in [1.807, 2.05) is 12.1 Å². The first-order valence-corrected chi connectivity index (χ1v) is 7.85. The van der Waals surface area contributed by atoms with Crippen molar-refractivity contribution >= 4 is 21.6 Å². The van der Waals surface area contributed by atoms with Crippen molar-refractivity contribution < 1.29 is 4.42 Å². The number of benzene rings is 1. The summed E-state index contributed by atoms with van der Waals surface area (Å²) in [6, 6.07) is 11.2. The van der Waals surface area contributed by atoms with Crippen LogP contribution in [0.2, 0.25) is 0 Å². The Kier molecular flexibility index (Phi) is 4.13. The van der Waals surface area contributed by atoms with Gasteiger partial charge >= 0.3 is 0 Å². The van der Waals surface area contributed by atoms with Crippen LogP contribution in [-0.2, 0) is 13.0 Å². The first-order chi connectivity index (χ1) is 9.78. The molecule has 1 aliphatic carbocycles. The summed E-state index contributed by atoms with van der Waals surface area (Å²) in [4.78, 5) is 2.43. The minimum absolute atomic E-state index is 0.646. The molecule has 0 radical (unpaired) electrons. The van der Waals surface area contributed by atoms with Gasteiger partial charge in [-0.2, -0.15) is 0 Å². The lowest BCUT2D eigenvalue weighted by molar-refractivity contribution is 0.501. The van der Waals surface area contributed by atoms with Crippen LogP contribution in [0.5, 0.6) is 0 Å². The second kappa shape index (κ2) is 6.02. The predicted molar refractivity (Wildman–Crippen MR) is 84.8 cm³/mol. The molecule has 1 aliphatic rings. The summed E-state index contributed by atoms with van der Waals surface area (Å²) in [5.41, 5.74) is 8.15. The zero-order chi connectivity index (χ0) is 13.9. The molecule has 2 N–H and O–H groups in total. The molecule has 106 valence electrons. The fourth-order valence-corrected chi connectivity index (χ4v) is 3.03. The Balaban J connectivity index is 1.82. The molecular weight excluding hydrogens is 316 g/mol. The second-order valence-electron chi connectivity index (χ2n) is 5.25. The number of nitrogens with two attached hydrogens (primary N) is 1. The molecule has 1 fully saturated rings. The van der Waals surface area contributed by atoms with Crippen molar-refractivity contribution in [2.75, 3.05) is 11.4 Å². The molecule has 0 bridgehead atoms. The van der Waals surface area contributed by atoms with Gasteiger partial charge in [-0.15, -0.1) is 0 Å². The van der Waals surface area contributed by atoms with Gasteiger partial charge in [-0.25, -0.2) is 0 Å². The van der Waals surface area contributed by atoms with Gasteiger partial charge < -0.3 is 15.1 Å². The van der Waals surface area contributed by atoms with E-state index >= 15 is 0 Å². The van der Waals surface area contributed by atoms with Gasteiger partial charge in [0.15, 0.2) is 0 Å². The van der Waals surface area contributed by atoms with E-state index in [2.05, 4.69) is 39.0 Å². The fourth-order valence-electron chi connectivity index (χ4n) is 2.46. The Bertz CT molecular complexity index is 564. The van der Waals surface area contributed by atoms with E-state index in [1.165, 1.54) is 24.1 Å². The van der Waals surface area contributed by atoms with Crippen LogP contribution in [0.3, 0.4) is 0 Å². The smallest absolute Gasteiger partial charge is 0.123 e. The summed E-state index contributed by atoms with van der Waals surface area (Å²) >= 11 is 3.66.